The number of unbranched alkanes of at least 4 members (excludes halogenated alkanes) is 1. The highest BCUT2D eigenvalue weighted by atomic mass is 79.9. The number of carbonyl (C=O) groups excluding carboxylic acids is 2. The van der Waals surface area contributed by atoms with Crippen LogP contribution < -0.4 is 14.4 Å². The Kier molecular flexibility index (Phi) is 12.1. The zero-order chi connectivity index (χ0) is 30.0. The van der Waals surface area contributed by atoms with Gasteiger partial charge in [-0.2, -0.15) is 0 Å². The van der Waals surface area contributed by atoms with Crippen molar-refractivity contribution in [3.05, 3.63) is 87.9 Å². The predicted octanol–water partition coefficient (Wildman–Crippen LogP) is 6.03. The van der Waals surface area contributed by atoms with E-state index >= 15 is 0 Å². The van der Waals surface area contributed by atoms with Gasteiger partial charge in [-0.25, -0.2) is 8.42 Å². The standard InChI is InChI=1S/C30H35BrClN3O5S/c1-4-6-19-33-30(37)22(3)34(20-23-11-13-24(31)14-12-23)29(36)21-35(27-9-7-8-10-28(27)40-5-2)41(38,39)26-17-15-25(32)16-18-26/h7-18,22H,4-6,19-21H2,1-3H3,(H,33,37)/t22-/m1/s1. The van der Waals surface area contributed by atoms with Crippen LogP contribution in [0, 0.1) is 0 Å². The molecule has 0 saturated carbocycles. The van der Waals surface area contributed by atoms with Gasteiger partial charge in [-0.15, -0.1) is 0 Å². The summed E-state index contributed by atoms with van der Waals surface area (Å²) in [5.74, 6) is -0.550. The van der Waals surface area contributed by atoms with Crippen LogP contribution in [-0.2, 0) is 26.2 Å². The summed E-state index contributed by atoms with van der Waals surface area (Å²) in [6.07, 6.45) is 1.72. The number of sulfonamides is 1. The third-order valence-corrected chi connectivity index (χ3v) is 8.93. The van der Waals surface area contributed by atoms with Gasteiger partial charge in [0, 0.05) is 22.6 Å². The van der Waals surface area contributed by atoms with Crippen LogP contribution in [0.3, 0.4) is 0 Å². The van der Waals surface area contributed by atoms with E-state index in [0.717, 1.165) is 27.2 Å². The van der Waals surface area contributed by atoms with Crippen molar-refractivity contribution in [1.29, 1.82) is 0 Å². The highest BCUT2D eigenvalue weighted by molar-refractivity contribution is 9.10. The molecule has 3 aromatic carbocycles. The summed E-state index contributed by atoms with van der Waals surface area (Å²) in [6.45, 7) is 5.79. The number of para-hydroxylation sites is 2. The fourth-order valence-electron chi connectivity index (χ4n) is 4.09. The minimum absolute atomic E-state index is 0.0363. The maximum absolute atomic E-state index is 14.0. The summed E-state index contributed by atoms with van der Waals surface area (Å²) in [5.41, 5.74) is 0.998. The number of nitrogens with one attached hydrogen (secondary N) is 1. The van der Waals surface area contributed by atoms with Gasteiger partial charge in [0.1, 0.15) is 18.3 Å². The Morgan fingerprint density at radius 3 is 2.29 bits per heavy atom. The summed E-state index contributed by atoms with van der Waals surface area (Å²) in [4.78, 5) is 28.5. The summed E-state index contributed by atoms with van der Waals surface area (Å²) >= 11 is 9.43. The van der Waals surface area contributed by atoms with Crippen molar-refractivity contribution < 1.29 is 22.7 Å². The number of ether oxygens (including phenoxy) is 1. The number of anilines is 1. The highest BCUT2D eigenvalue weighted by Crippen LogP contribution is 2.33. The van der Waals surface area contributed by atoms with Gasteiger partial charge in [-0.05, 0) is 74.4 Å². The van der Waals surface area contributed by atoms with Crippen LogP contribution in [-0.4, -0.2) is 50.9 Å². The van der Waals surface area contributed by atoms with E-state index in [1.807, 2.05) is 31.2 Å². The van der Waals surface area contributed by atoms with Gasteiger partial charge >= 0.3 is 0 Å². The molecule has 11 heteroatoms. The first-order valence-corrected chi connectivity index (χ1v) is 16.0. The average Bonchev–Trinajstić information content (AvgIpc) is 2.96. The van der Waals surface area contributed by atoms with E-state index in [9.17, 15) is 18.0 Å². The lowest BCUT2D eigenvalue weighted by Crippen LogP contribution is -2.51. The van der Waals surface area contributed by atoms with Crippen LogP contribution in [0.2, 0.25) is 5.02 Å². The van der Waals surface area contributed by atoms with E-state index in [0.29, 0.717) is 23.9 Å². The lowest BCUT2D eigenvalue weighted by molar-refractivity contribution is -0.139. The molecule has 0 bridgehead atoms. The molecule has 0 heterocycles. The Labute approximate surface area is 255 Å². The Morgan fingerprint density at radius 2 is 1.66 bits per heavy atom. The minimum atomic E-state index is -4.24. The lowest BCUT2D eigenvalue weighted by atomic mass is 10.1. The second-order valence-electron chi connectivity index (χ2n) is 9.33. The average molecular weight is 665 g/mol. The second-order valence-corrected chi connectivity index (χ2v) is 12.5. The maximum atomic E-state index is 14.0. The van der Waals surface area contributed by atoms with E-state index in [1.165, 1.54) is 29.2 Å². The van der Waals surface area contributed by atoms with Crippen molar-refractivity contribution in [3.8, 4) is 5.75 Å². The summed E-state index contributed by atoms with van der Waals surface area (Å²) < 4.78 is 35.6. The molecular weight excluding hydrogens is 630 g/mol. The smallest absolute Gasteiger partial charge is 0.264 e. The SMILES string of the molecule is CCCCNC(=O)[C@@H](C)N(Cc1ccc(Br)cc1)C(=O)CN(c1ccccc1OCC)S(=O)(=O)c1ccc(Cl)cc1. The van der Waals surface area contributed by atoms with E-state index in [4.69, 9.17) is 16.3 Å². The number of nitrogens with zero attached hydrogens (tertiary/aromatic N) is 2. The molecule has 3 aromatic rings. The fraction of sp³-hybridized carbons (Fsp3) is 0.333. The first kappa shape index (κ1) is 32.4. The van der Waals surface area contributed by atoms with Crippen LogP contribution in [0.1, 0.15) is 39.2 Å². The van der Waals surface area contributed by atoms with Crippen molar-refractivity contribution >= 4 is 55.1 Å². The number of benzene rings is 3. The molecule has 0 aliphatic carbocycles. The molecular formula is C30H35BrClN3O5S. The topological polar surface area (TPSA) is 96.0 Å². The summed E-state index contributed by atoms with van der Waals surface area (Å²) in [5, 5.41) is 3.26. The van der Waals surface area contributed by atoms with Gasteiger partial charge in [0.05, 0.1) is 17.2 Å². The molecule has 0 aliphatic rings. The molecule has 1 atom stereocenters. The molecule has 8 nitrogen and oxygen atoms in total. The molecule has 3 rings (SSSR count). The van der Waals surface area contributed by atoms with Crippen molar-refractivity contribution in [1.82, 2.24) is 10.2 Å². The number of carbonyl (C=O) groups is 2. The van der Waals surface area contributed by atoms with Gasteiger partial charge in [-0.3, -0.25) is 13.9 Å². The van der Waals surface area contributed by atoms with Crippen LogP contribution in [0.5, 0.6) is 5.75 Å². The monoisotopic (exact) mass is 663 g/mol. The Hall–Kier alpha value is -3.08. The molecule has 0 radical (unpaired) electrons. The third kappa shape index (κ3) is 8.70. The third-order valence-electron chi connectivity index (χ3n) is 6.38. The quantitative estimate of drug-likeness (QED) is 0.213. The molecule has 41 heavy (non-hydrogen) atoms. The van der Waals surface area contributed by atoms with Gasteiger partial charge in [0.25, 0.3) is 10.0 Å². The summed E-state index contributed by atoms with van der Waals surface area (Å²) in [7, 11) is -4.24. The summed E-state index contributed by atoms with van der Waals surface area (Å²) in [6, 6.07) is 18.9. The number of hydrogen-bond acceptors (Lipinski definition) is 5. The Balaban J connectivity index is 2.04. The zero-order valence-electron chi connectivity index (χ0n) is 23.3. The lowest BCUT2D eigenvalue weighted by Gasteiger charge is -2.32. The number of rotatable bonds is 14. The van der Waals surface area contributed by atoms with Gasteiger partial charge in [0.2, 0.25) is 11.8 Å². The van der Waals surface area contributed by atoms with Crippen molar-refractivity contribution in [2.24, 2.45) is 0 Å². The van der Waals surface area contributed by atoms with Crippen molar-refractivity contribution in [2.45, 2.75) is 51.1 Å². The molecule has 0 unspecified atom stereocenters. The molecule has 0 spiro atoms. The van der Waals surface area contributed by atoms with E-state index in [2.05, 4.69) is 21.2 Å². The second kappa shape index (κ2) is 15.2. The molecule has 0 aromatic heterocycles. The first-order valence-electron chi connectivity index (χ1n) is 13.4. The van der Waals surface area contributed by atoms with Crippen LogP contribution in [0.25, 0.3) is 0 Å². The molecule has 220 valence electrons. The predicted molar refractivity (Wildman–Crippen MR) is 166 cm³/mol. The van der Waals surface area contributed by atoms with E-state index in [1.54, 1.807) is 38.1 Å². The minimum Gasteiger partial charge on any atom is -0.492 e. The first-order chi connectivity index (χ1) is 19.6. The molecule has 1 N–H and O–H groups in total. The maximum Gasteiger partial charge on any atom is 0.264 e. The highest BCUT2D eigenvalue weighted by Gasteiger charge is 2.33. The Morgan fingerprint density at radius 1 is 1.00 bits per heavy atom. The molecule has 0 fully saturated rings. The van der Waals surface area contributed by atoms with Gasteiger partial charge < -0.3 is 15.0 Å². The number of halogens is 2. The zero-order valence-corrected chi connectivity index (χ0v) is 26.5. The van der Waals surface area contributed by atoms with E-state index in [-0.39, 0.29) is 23.0 Å². The van der Waals surface area contributed by atoms with Crippen molar-refractivity contribution in [3.63, 3.8) is 0 Å². The fourth-order valence-corrected chi connectivity index (χ4v) is 5.91. The number of amides is 2. The van der Waals surface area contributed by atoms with Gasteiger partial charge in [0.15, 0.2) is 0 Å². The van der Waals surface area contributed by atoms with Crippen LogP contribution >= 0.6 is 27.5 Å². The van der Waals surface area contributed by atoms with Gasteiger partial charge in [-0.1, -0.05) is 65.1 Å². The largest absolute Gasteiger partial charge is 0.492 e. The normalized spacial score (nSPS) is 11.9. The van der Waals surface area contributed by atoms with Crippen LogP contribution in [0.4, 0.5) is 5.69 Å². The number of hydrogen-bond donors (Lipinski definition) is 1. The van der Waals surface area contributed by atoms with E-state index < -0.39 is 28.5 Å². The molecule has 0 saturated heterocycles. The Bertz CT molecular complexity index is 1420. The molecule has 2 amide bonds. The molecule has 0 aliphatic heterocycles. The van der Waals surface area contributed by atoms with Crippen LogP contribution in [0.15, 0.2) is 82.2 Å². The van der Waals surface area contributed by atoms with Crippen molar-refractivity contribution in [2.75, 3.05) is 24.0 Å².